The summed E-state index contributed by atoms with van der Waals surface area (Å²) in [5, 5.41) is 0. The second-order valence-corrected chi connectivity index (χ2v) is 4.78. The van der Waals surface area contributed by atoms with Crippen LogP contribution in [0.3, 0.4) is 0 Å². The van der Waals surface area contributed by atoms with E-state index in [0.29, 0.717) is 0 Å². The van der Waals surface area contributed by atoms with E-state index < -0.39 is 0 Å². The highest BCUT2D eigenvalue weighted by molar-refractivity contribution is 4.96. The van der Waals surface area contributed by atoms with Gasteiger partial charge in [-0.15, -0.1) is 0 Å². The molecule has 13 heavy (non-hydrogen) atoms. The lowest BCUT2D eigenvalue weighted by Gasteiger charge is -2.43. The van der Waals surface area contributed by atoms with Crippen LogP contribution in [0, 0.1) is 0 Å². The summed E-state index contributed by atoms with van der Waals surface area (Å²) in [6.45, 7) is 10.8. The third kappa shape index (κ3) is 1.62. The summed E-state index contributed by atoms with van der Waals surface area (Å²) in [5.41, 5.74) is 0. The van der Waals surface area contributed by atoms with E-state index in [0.717, 1.165) is 18.1 Å². The monoisotopic (exact) mass is 182 g/mol. The van der Waals surface area contributed by atoms with Crippen LogP contribution in [0.1, 0.15) is 33.6 Å². The van der Waals surface area contributed by atoms with Crippen molar-refractivity contribution in [3.63, 3.8) is 0 Å². The lowest BCUT2D eigenvalue weighted by Crippen LogP contribution is -2.55. The lowest BCUT2D eigenvalue weighted by atomic mass is 10.1. The quantitative estimate of drug-likeness (QED) is 0.639. The number of hydrogen-bond donors (Lipinski definition) is 0. The lowest BCUT2D eigenvalue weighted by molar-refractivity contribution is 0.0465. The first-order valence-electron chi connectivity index (χ1n) is 5.72. The maximum atomic E-state index is 2.74. The number of likely N-dealkylation sites (N-methyl/N-ethyl adjacent to an activating group) is 1. The molecule has 2 heteroatoms. The maximum absolute atomic E-state index is 2.74. The average molecular weight is 182 g/mol. The van der Waals surface area contributed by atoms with Crippen molar-refractivity contribution in [3.8, 4) is 0 Å². The number of fused-ring (bicyclic) bond motifs is 2. The molecule has 0 saturated carbocycles. The van der Waals surface area contributed by atoms with E-state index in [1.165, 1.54) is 32.5 Å². The van der Waals surface area contributed by atoms with E-state index in [4.69, 9.17) is 0 Å². The summed E-state index contributed by atoms with van der Waals surface area (Å²) in [5.74, 6) is 0. The molecule has 2 bridgehead atoms. The summed E-state index contributed by atoms with van der Waals surface area (Å²) in [7, 11) is 0. The molecule has 2 rings (SSSR count). The Bertz CT molecular complexity index is 165. The number of hydrogen-bond acceptors (Lipinski definition) is 2. The Balaban J connectivity index is 2.04. The third-order valence-electron chi connectivity index (χ3n) is 3.66. The molecular weight excluding hydrogens is 160 g/mol. The highest BCUT2D eigenvalue weighted by Gasteiger charge is 2.40. The second kappa shape index (κ2) is 3.58. The molecule has 2 aliphatic heterocycles. The van der Waals surface area contributed by atoms with Crippen molar-refractivity contribution >= 4 is 0 Å². The van der Waals surface area contributed by atoms with Crippen LogP contribution in [-0.4, -0.2) is 47.6 Å². The second-order valence-electron chi connectivity index (χ2n) is 4.78. The minimum Gasteiger partial charge on any atom is -0.301 e. The van der Waals surface area contributed by atoms with Crippen molar-refractivity contribution in [2.24, 2.45) is 0 Å². The number of rotatable bonds is 2. The van der Waals surface area contributed by atoms with Gasteiger partial charge in [-0.2, -0.15) is 0 Å². The first-order chi connectivity index (χ1) is 6.22. The van der Waals surface area contributed by atoms with Crippen molar-refractivity contribution in [2.75, 3.05) is 19.6 Å². The van der Waals surface area contributed by atoms with Crippen LogP contribution in [0.5, 0.6) is 0 Å². The summed E-state index contributed by atoms with van der Waals surface area (Å²) in [6, 6.07) is 2.47. The fraction of sp³-hybridized carbons (Fsp3) is 1.00. The topological polar surface area (TPSA) is 6.48 Å². The Hall–Kier alpha value is -0.0800. The average Bonchev–Trinajstić information content (AvgIpc) is 2.37. The Morgan fingerprint density at radius 3 is 2.08 bits per heavy atom. The zero-order valence-electron chi connectivity index (χ0n) is 9.16. The van der Waals surface area contributed by atoms with Crippen molar-refractivity contribution < 1.29 is 0 Å². The molecule has 2 aliphatic rings. The molecule has 0 unspecified atom stereocenters. The Kier molecular flexibility index (Phi) is 2.61. The van der Waals surface area contributed by atoms with Crippen LogP contribution >= 0.6 is 0 Å². The smallest absolute Gasteiger partial charge is 0.0229 e. The minimum atomic E-state index is 0.747. The van der Waals surface area contributed by atoms with E-state index in [9.17, 15) is 0 Å². The van der Waals surface area contributed by atoms with Gasteiger partial charge in [-0.3, -0.25) is 4.90 Å². The van der Waals surface area contributed by atoms with Crippen LogP contribution in [0.2, 0.25) is 0 Å². The van der Waals surface area contributed by atoms with Crippen molar-refractivity contribution in [2.45, 2.75) is 51.7 Å². The molecule has 0 N–H and O–H groups in total. The molecule has 0 aliphatic carbocycles. The van der Waals surface area contributed by atoms with E-state index in [-0.39, 0.29) is 0 Å². The van der Waals surface area contributed by atoms with Gasteiger partial charge in [0, 0.05) is 31.2 Å². The molecule has 2 fully saturated rings. The predicted molar refractivity (Wildman–Crippen MR) is 55.9 cm³/mol. The van der Waals surface area contributed by atoms with E-state index in [1.807, 2.05) is 0 Å². The minimum absolute atomic E-state index is 0.747. The van der Waals surface area contributed by atoms with Crippen molar-refractivity contribution in [1.82, 2.24) is 9.80 Å². The Labute approximate surface area is 81.9 Å². The van der Waals surface area contributed by atoms with Gasteiger partial charge in [0.2, 0.25) is 0 Å². The van der Waals surface area contributed by atoms with Crippen LogP contribution in [-0.2, 0) is 0 Å². The van der Waals surface area contributed by atoms with Gasteiger partial charge in [-0.25, -0.2) is 0 Å². The fourth-order valence-corrected chi connectivity index (χ4v) is 3.12. The highest BCUT2D eigenvalue weighted by Crippen LogP contribution is 2.31. The van der Waals surface area contributed by atoms with E-state index in [2.05, 4.69) is 30.6 Å². The predicted octanol–water partition coefficient (Wildman–Crippen LogP) is 1.56. The van der Waals surface area contributed by atoms with Crippen LogP contribution in [0.4, 0.5) is 0 Å². The van der Waals surface area contributed by atoms with E-state index >= 15 is 0 Å². The standard InChI is InChI=1S/C11H22N2/c1-4-12-7-10-5-6-11(8-12)13(10)9(2)3/h9-11H,4-8H2,1-3H3/t10-,11+. The first kappa shape index (κ1) is 9.47. The molecule has 2 heterocycles. The Morgan fingerprint density at radius 2 is 1.69 bits per heavy atom. The molecule has 2 saturated heterocycles. The van der Waals surface area contributed by atoms with Crippen LogP contribution < -0.4 is 0 Å². The molecule has 0 aromatic heterocycles. The SMILES string of the molecule is CCN1C[C@H]2CC[C@@H](C1)N2C(C)C. The Morgan fingerprint density at radius 1 is 1.15 bits per heavy atom. The van der Waals surface area contributed by atoms with Gasteiger partial charge in [0.15, 0.2) is 0 Å². The van der Waals surface area contributed by atoms with Gasteiger partial charge in [0.05, 0.1) is 0 Å². The van der Waals surface area contributed by atoms with Gasteiger partial charge < -0.3 is 4.90 Å². The molecule has 76 valence electrons. The maximum Gasteiger partial charge on any atom is 0.0229 e. The molecule has 0 spiro atoms. The molecule has 0 amide bonds. The largest absolute Gasteiger partial charge is 0.301 e. The summed E-state index contributed by atoms with van der Waals surface area (Å²) in [4.78, 5) is 5.35. The molecular formula is C11H22N2. The van der Waals surface area contributed by atoms with Crippen molar-refractivity contribution in [3.05, 3.63) is 0 Å². The van der Waals surface area contributed by atoms with Gasteiger partial charge >= 0.3 is 0 Å². The number of nitrogens with zero attached hydrogens (tertiary/aromatic N) is 2. The van der Waals surface area contributed by atoms with Crippen LogP contribution in [0.15, 0.2) is 0 Å². The molecule has 0 radical (unpaired) electrons. The zero-order valence-corrected chi connectivity index (χ0v) is 9.16. The van der Waals surface area contributed by atoms with E-state index in [1.54, 1.807) is 0 Å². The van der Waals surface area contributed by atoms with Gasteiger partial charge in [0.1, 0.15) is 0 Å². The first-order valence-corrected chi connectivity index (χ1v) is 5.72. The fourth-order valence-electron chi connectivity index (χ4n) is 3.12. The van der Waals surface area contributed by atoms with Crippen molar-refractivity contribution in [1.29, 1.82) is 0 Å². The van der Waals surface area contributed by atoms with Gasteiger partial charge in [0.25, 0.3) is 0 Å². The summed E-state index contributed by atoms with van der Waals surface area (Å²) >= 11 is 0. The number of piperazine rings is 1. The molecule has 2 nitrogen and oxygen atoms in total. The normalized spacial score (nSPS) is 36.0. The summed E-state index contributed by atoms with van der Waals surface area (Å²) in [6.07, 6.45) is 2.86. The van der Waals surface area contributed by atoms with Crippen LogP contribution in [0.25, 0.3) is 0 Å². The zero-order chi connectivity index (χ0) is 9.42. The molecule has 2 atom stereocenters. The van der Waals surface area contributed by atoms with Gasteiger partial charge in [-0.1, -0.05) is 6.92 Å². The third-order valence-corrected chi connectivity index (χ3v) is 3.66. The molecule has 0 aromatic rings. The van der Waals surface area contributed by atoms with Gasteiger partial charge in [-0.05, 0) is 33.2 Å². The highest BCUT2D eigenvalue weighted by atomic mass is 15.3. The number of likely N-dealkylation sites (tertiary alicyclic amines) is 1. The summed E-state index contributed by atoms with van der Waals surface area (Å²) < 4.78 is 0. The molecule has 0 aromatic carbocycles.